The number of unbranched alkanes of at least 4 members (excludes halogenated alkanes) is 1. The van der Waals surface area contributed by atoms with Gasteiger partial charge in [0.15, 0.2) is 6.61 Å². The van der Waals surface area contributed by atoms with Gasteiger partial charge in [-0.05, 0) is 23.6 Å². The van der Waals surface area contributed by atoms with E-state index in [0.717, 1.165) is 37.1 Å². The minimum Gasteiger partial charge on any atom is -0.483 e. The number of hydrogen-bond acceptors (Lipinski definition) is 4. The van der Waals surface area contributed by atoms with Crippen molar-refractivity contribution in [2.24, 2.45) is 0 Å². The molecule has 1 saturated heterocycles. The summed E-state index contributed by atoms with van der Waals surface area (Å²) in [4.78, 5) is 28.5. The van der Waals surface area contributed by atoms with Gasteiger partial charge in [-0.3, -0.25) is 14.5 Å². The van der Waals surface area contributed by atoms with Gasteiger partial charge in [0.25, 0.3) is 5.91 Å². The Morgan fingerprint density at radius 1 is 0.968 bits per heavy atom. The summed E-state index contributed by atoms with van der Waals surface area (Å²) < 4.78 is 5.90. The van der Waals surface area contributed by atoms with Gasteiger partial charge in [0.1, 0.15) is 5.75 Å². The van der Waals surface area contributed by atoms with Crippen LogP contribution in [-0.4, -0.2) is 67.5 Å². The molecule has 1 aliphatic heterocycles. The van der Waals surface area contributed by atoms with Gasteiger partial charge in [0, 0.05) is 39.1 Å². The zero-order valence-electron chi connectivity index (χ0n) is 18.4. The molecule has 166 valence electrons. The molecule has 0 saturated carbocycles. The Balaban J connectivity index is 1.43. The Hall–Kier alpha value is -2.86. The first-order valence-electron chi connectivity index (χ1n) is 11.2. The first kappa shape index (κ1) is 22.8. The molecule has 1 N–H and O–H groups in total. The van der Waals surface area contributed by atoms with Crippen molar-refractivity contribution in [1.82, 2.24) is 15.1 Å². The van der Waals surface area contributed by atoms with Gasteiger partial charge in [-0.1, -0.05) is 61.9 Å². The summed E-state index contributed by atoms with van der Waals surface area (Å²) in [7, 11) is 0. The molecule has 0 spiro atoms. The zero-order valence-corrected chi connectivity index (χ0v) is 18.4. The van der Waals surface area contributed by atoms with E-state index in [1.54, 1.807) is 0 Å². The summed E-state index contributed by atoms with van der Waals surface area (Å²) in [5, 5.41) is 2.94. The van der Waals surface area contributed by atoms with Crippen molar-refractivity contribution in [3.8, 4) is 5.75 Å². The molecule has 3 rings (SSSR count). The third kappa shape index (κ3) is 7.40. The number of para-hydroxylation sites is 1. The Morgan fingerprint density at radius 3 is 2.42 bits per heavy atom. The molecule has 6 nitrogen and oxygen atoms in total. The number of nitrogens with one attached hydrogen (secondary N) is 1. The fourth-order valence-corrected chi connectivity index (χ4v) is 3.66. The van der Waals surface area contributed by atoms with Gasteiger partial charge in [-0.25, -0.2) is 0 Å². The zero-order chi connectivity index (χ0) is 21.9. The summed E-state index contributed by atoms with van der Waals surface area (Å²) in [6.07, 6.45) is 2.84. The second kappa shape index (κ2) is 12.1. The molecule has 31 heavy (non-hydrogen) atoms. The standard InChI is InChI=1S/C25H33N3O3/c1-2-3-13-26-24(29)19-27-14-16-28(17-15-27)25(30)20-31-23-12-8-7-11-22(23)18-21-9-5-4-6-10-21/h4-12H,2-3,13-20H2,1H3,(H,26,29). The average molecular weight is 424 g/mol. The first-order valence-corrected chi connectivity index (χ1v) is 11.2. The summed E-state index contributed by atoms with van der Waals surface area (Å²) in [6, 6.07) is 18.1. The molecule has 2 aromatic rings. The highest BCUT2D eigenvalue weighted by atomic mass is 16.5. The highest BCUT2D eigenvalue weighted by molar-refractivity contribution is 5.79. The van der Waals surface area contributed by atoms with E-state index in [-0.39, 0.29) is 18.4 Å². The lowest BCUT2D eigenvalue weighted by atomic mass is 10.0. The summed E-state index contributed by atoms with van der Waals surface area (Å²) in [6.45, 7) is 5.92. The van der Waals surface area contributed by atoms with Crippen molar-refractivity contribution >= 4 is 11.8 Å². The molecule has 0 aliphatic carbocycles. The van der Waals surface area contributed by atoms with Crippen LogP contribution in [0, 0.1) is 0 Å². The molecule has 1 heterocycles. The van der Waals surface area contributed by atoms with Crippen molar-refractivity contribution in [1.29, 1.82) is 0 Å². The molecule has 0 radical (unpaired) electrons. The van der Waals surface area contributed by atoms with Crippen LogP contribution in [0.1, 0.15) is 30.9 Å². The van der Waals surface area contributed by atoms with Crippen LogP contribution in [0.5, 0.6) is 5.75 Å². The number of piperazine rings is 1. The molecule has 0 bridgehead atoms. The van der Waals surface area contributed by atoms with E-state index < -0.39 is 0 Å². The van der Waals surface area contributed by atoms with E-state index in [9.17, 15) is 9.59 Å². The Bertz CT molecular complexity index is 833. The van der Waals surface area contributed by atoms with Crippen molar-refractivity contribution < 1.29 is 14.3 Å². The molecule has 6 heteroatoms. The smallest absolute Gasteiger partial charge is 0.260 e. The quantitative estimate of drug-likeness (QED) is 0.597. The Labute approximate surface area is 185 Å². The van der Waals surface area contributed by atoms with Crippen molar-refractivity contribution in [3.63, 3.8) is 0 Å². The second-order valence-corrected chi connectivity index (χ2v) is 7.92. The Kier molecular flexibility index (Phi) is 8.91. The van der Waals surface area contributed by atoms with Crippen LogP contribution in [0.25, 0.3) is 0 Å². The van der Waals surface area contributed by atoms with Crippen LogP contribution in [0.3, 0.4) is 0 Å². The number of benzene rings is 2. The number of hydrogen-bond donors (Lipinski definition) is 1. The van der Waals surface area contributed by atoms with Crippen LogP contribution in [0.15, 0.2) is 54.6 Å². The number of rotatable bonds is 10. The van der Waals surface area contributed by atoms with Crippen LogP contribution in [-0.2, 0) is 16.0 Å². The van der Waals surface area contributed by atoms with E-state index in [0.29, 0.717) is 32.7 Å². The summed E-state index contributed by atoms with van der Waals surface area (Å²) in [5.74, 6) is 0.801. The number of amides is 2. The van der Waals surface area contributed by atoms with Gasteiger partial charge < -0.3 is 15.0 Å². The topological polar surface area (TPSA) is 61.9 Å². The molecule has 0 aromatic heterocycles. The average Bonchev–Trinajstić information content (AvgIpc) is 2.80. The van der Waals surface area contributed by atoms with Gasteiger partial charge in [0.2, 0.25) is 5.91 Å². The minimum absolute atomic E-state index is 0.0124. The second-order valence-electron chi connectivity index (χ2n) is 7.92. The van der Waals surface area contributed by atoms with Gasteiger partial charge in [-0.15, -0.1) is 0 Å². The maximum absolute atomic E-state index is 12.6. The van der Waals surface area contributed by atoms with Gasteiger partial charge >= 0.3 is 0 Å². The fourth-order valence-electron chi connectivity index (χ4n) is 3.66. The lowest BCUT2D eigenvalue weighted by Crippen LogP contribution is -2.52. The van der Waals surface area contributed by atoms with Crippen LogP contribution < -0.4 is 10.1 Å². The van der Waals surface area contributed by atoms with Crippen molar-refractivity contribution in [2.45, 2.75) is 26.2 Å². The summed E-state index contributed by atoms with van der Waals surface area (Å²) in [5.41, 5.74) is 2.28. The Morgan fingerprint density at radius 2 is 1.68 bits per heavy atom. The molecular formula is C25H33N3O3. The molecule has 2 aromatic carbocycles. The van der Waals surface area contributed by atoms with E-state index in [2.05, 4.69) is 29.3 Å². The third-order valence-corrected chi connectivity index (χ3v) is 5.51. The number of ether oxygens (including phenoxy) is 1. The molecule has 2 amide bonds. The van der Waals surface area contributed by atoms with E-state index in [1.165, 1.54) is 5.56 Å². The normalized spacial score (nSPS) is 14.3. The van der Waals surface area contributed by atoms with Crippen molar-refractivity contribution in [3.05, 3.63) is 65.7 Å². The van der Waals surface area contributed by atoms with Crippen molar-refractivity contribution in [2.75, 3.05) is 45.9 Å². The molecule has 0 atom stereocenters. The molecule has 1 aliphatic rings. The van der Waals surface area contributed by atoms with Gasteiger partial charge in [-0.2, -0.15) is 0 Å². The predicted molar refractivity (Wildman–Crippen MR) is 122 cm³/mol. The maximum atomic E-state index is 12.6. The van der Waals surface area contributed by atoms with Crippen LogP contribution in [0.2, 0.25) is 0 Å². The highest BCUT2D eigenvalue weighted by Gasteiger charge is 2.22. The highest BCUT2D eigenvalue weighted by Crippen LogP contribution is 2.21. The summed E-state index contributed by atoms with van der Waals surface area (Å²) >= 11 is 0. The van der Waals surface area contributed by atoms with Crippen LogP contribution in [0.4, 0.5) is 0 Å². The van der Waals surface area contributed by atoms with E-state index in [4.69, 9.17) is 4.74 Å². The lowest BCUT2D eigenvalue weighted by molar-refractivity contribution is -0.135. The monoisotopic (exact) mass is 423 g/mol. The number of carbonyl (C=O) groups is 2. The molecule has 1 fully saturated rings. The van der Waals surface area contributed by atoms with E-state index in [1.807, 2.05) is 47.4 Å². The minimum atomic E-state index is -0.0124. The van der Waals surface area contributed by atoms with E-state index >= 15 is 0 Å². The lowest BCUT2D eigenvalue weighted by Gasteiger charge is -2.34. The van der Waals surface area contributed by atoms with Gasteiger partial charge in [0.05, 0.1) is 6.54 Å². The van der Waals surface area contributed by atoms with Crippen LogP contribution >= 0.6 is 0 Å². The number of nitrogens with zero attached hydrogens (tertiary/aromatic N) is 2. The molecular weight excluding hydrogens is 390 g/mol. The third-order valence-electron chi connectivity index (χ3n) is 5.51. The fraction of sp³-hybridized carbons (Fsp3) is 0.440. The predicted octanol–water partition coefficient (Wildman–Crippen LogP) is 2.72. The molecule has 0 unspecified atom stereocenters. The largest absolute Gasteiger partial charge is 0.483 e. The number of carbonyl (C=O) groups excluding carboxylic acids is 2. The first-order chi connectivity index (χ1) is 15.2. The maximum Gasteiger partial charge on any atom is 0.260 e. The SMILES string of the molecule is CCCCNC(=O)CN1CCN(C(=O)COc2ccccc2Cc2ccccc2)CC1.